The first-order valence-electron chi connectivity index (χ1n) is 9.51. The van der Waals surface area contributed by atoms with Crippen molar-refractivity contribution >= 4 is 29.9 Å². The van der Waals surface area contributed by atoms with Gasteiger partial charge in [0.1, 0.15) is 12.4 Å². The van der Waals surface area contributed by atoms with Gasteiger partial charge in [0.15, 0.2) is 5.96 Å². The SMILES string of the molecule is CN=C(NCc1ccc(OCc2ccccc2)cc1)NCC1(C)CCCO1.I. The number of rotatable bonds is 7. The zero-order valence-corrected chi connectivity index (χ0v) is 18.9. The van der Waals surface area contributed by atoms with Crippen LogP contribution in [-0.2, 0) is 17.9 Å². The summed E-state index contributed by atoms with van der Waals surface area (Å²) in [6.45, 7) is 5.04. The Hall–Kier alpha value is -1.80. The Labute approximate surface area is 184 Å². The molecule has 0 spiro atoms. The molecule has 1 aliphatic heterocycles. The van der Waals surface area contributed by atoms with Crippen molar-refractivity contribution in [2.24, 2.45) is 4.99 Å². The molecule has 1 saturated heterocycles. The number of hydrogen-bond donors (Lipinski definition) is 2. The molecule has 1 heterocycles. The van der Waals surface area contributed by atoms with Crippen LogP contribution in [0.4, 0.5) is 0 Å². The van der Waals surface area contributed by atoms with Crippen molar-refractivity contribution in [3.05, 3.63) is 65.7 Å². The maximum absolute atomic E-state index is 5.83. The number of benzene rings is 2. The Morgan fingerprint density at radius 3 is 2.46 bits per heavy atom. The summed E-state index contributed by atoms with van der Waals surface area (Å²) in [5.41, 5.74) is 2.25. The van der Waals surface area contributed by atoms with Crippen LogP contribution in [0.2, 0.25) is 0 Å². The Morgan fingerprint density at radius 2 is 1.82 bits per heavy atom. The third kappa shape index (κ3) is 6.98. The second-order valence-corrected chi connectivity index (χ2v) is 7.10. The molecule has 1 fully saturated rings. The minimum atomic E-state index is -0.0879. The lowest BCUT2D eigenvalue weighted by Crippen LogP contribution is -2.45. The van der Waals surface area contributed by atoms with Crippen LogP contribution in [0.15, 0.2) is 59.6 Å². The van der Waals surface area contributed by atoms with Gasteiger partial charge in [-0.1, -0.05) is 42.5 Å². The van der Waals surface area contributed by atoms with E-state index in [1.54, 1.807) is 7.05 Å². The minimum absolute atomic E-state index is 0. The Kier molecular flexibility index (Phi) is 9.05. The van der Waals surface area contributed by atoms with E-state index in [9.17, 15) is 0 Å². The van der Waals surface area contributed by atoms with Crippen molar-refractivity contribution in [2.75, 3.05) is 20.2 Å². The normalized spacial score (nSPS) is 19.0. The molecule has 6 heteroatoms. The van der Waals surface area contributed by atoms with Gasteiger partial charge in [-0.2, -0.15) is 0 Å². The molecule has 2 aromatic carbocycles. The van der Waals surface area contributed by atoms with Crippen molar-refractivity contribution in [3.8, 4) is 5.75 Å². The summed E-state index contributed by atoms with van der Waals surface area (Å²) in [4.78, 5) is 4.29. The van der Waals surface area contributed by atoms with Crippen LogP contribution in [-0.4, -0.2) is 31.8 Å². The molecule has 152 valence electrons. The molecule has 2 N–H and O–H groups in total. The molecule has 0 bridgehead atoms. The van der Waals surface area contributed by atoms with Crippen LogP contribution in [0.5, 0.6) is 5.75 Å². The molecular weight excluding hydrogens is 465 g/mol. The summed E-state index contributed by atoms with van der Waals surface area (Å²) in [5.74, 6) is 1.66. The average Bonchev–Trinajstić information content (AvgIpc) is 3.15. The van der Waals surface area contributed by atoms with Gasteiger partial charge in [0.05, 0.1) is 5.60 Å². The molecule has 0 radical (unpaired) electrons. The second-order valence-electron chi connectivity index (χ2n) is 7.10. The zero-order chi connectivity index (χ0) is 19.0. The van der Waals surface area contributed by atoms with Crippen molar-refractivity contribution in [1.29, 1.82) is 0 Å². The molecule has 1 unspecified atom stereocenters. The lowest BCUT2D eigenvalue weighted by molar-refractivity contribution is 0.0243. The van der Waals surface area contributed by atoms with Crippen LogP contribution in [0.25, 0.3) is 0 Å². The maximum Gasteiger partial charge on any atom is 0.191 e. The first kappa shape index (κ1) is 22.5. The number of halogens is 1. The fourth-order valence-corrected chi connectivity index (χ4v) is 3.10. The van der Waals surface area contributed by atoms with E-state index in [2.05, 4.69) is 46.8 Å². The molecule has 2 aromatic rings. The molecule has 5 nitrogen and oxygen atoms in total. The predicted octanol–water partition coefficient (Wildman–Crippen LogP) is 4.12. The summed E-state index contributed by atoms with van der Waals surface area (Å²) >= 11 is 0. The molecule has 0 aromatic heterocycles. The van der Waals surface area contributed by atoms with E-state index in [0.717, 1.165) is 43.3 Å². The van der Waals surface area contributed by atoms with Gasteiger partial charge in [-0.15, -0.1) is 24.0 Å². The standard InChI is InChI=1S/C22H29N3O2.HI/c1-22(13-6-14-27-22)17-25-21(23-2)24-15-18-9-11-20(12-10-18)26-16-19-7-4-3-5-8-19;/h3-5,7-12H,6,13-17H2,1-2H3,(H2,23,24,25);1H. The zero-order valence-electron chi connectivity index (χ0n) is 16.6. The molecule has 0 amide bonds. The van der Waals surface area contributed by atoms with Crippen molar-refractivity contribution in [3.63, 3.8) is 0 Å². The highest BCUT2D eigenvalue weighted by Gasteiger charge is 2.29. The first-order chi connectivity index (χ1) is 13.2. The van der Waals surface area contributed by atoms with Crippen molar-refractivity contribution < 1.29 is 9.47 Å². The molecule has 1 aliphatic rings. The molecular formula is C22H30IN3O2. The number of guanidine groups is 1. The Bertz CT molecular complexity index is 729. The van der Waals surface area contributed by atoms with E-state index in [1.807, 2.05) is 30.3 Å². The number of ether oxygens (including phenoxy) is 2. The number of hydrogen-bond acceptors (Lipinski definition) is 3. The van der Waals surface area contributed by atoms with E-state index in [1.165, 1.54) is 5.56 Å². The number of nitrogens with zero attached hydrogens (tertiary/aromatic N) is 1. The van der Waals surface area contributed by atoms with Gasteiger partial charge in [0, 0.05) is 26.7 Å². The second kappa shape index (κ2) is 11.3. The predicted molar refractivity (Wildman–Crippen MR) is 124 cm³/mol. The van der Waals surface area contributed by atoms with Gasteiger partial charge in [0.25, 0.3) is 0 Å². The quantitative estimate of drug-likeness (QED) is 0.345. The highest BCUT2D eigenvalue weighted by atomic mass is 127. The average molecular weight is 495 g/mol. The topological polar surface area (TPSA) is 54.9 Å². The van der Waals surface area contributed by atoms with Gasteiger partial charge in [0.2, 0.25) is 0 Å². The number of aliphatic imine (C=N–C) groups is 1. The van der Waals surface area contributed by atoms with Gasteiger partial charge >= 0.3 is 0 Å². The van der Waals surface area contributed by atoms with Crippen molar-refractivity contribution in [2.45, 2.75) is 38.5 Å². The van der Waals surface area contributed by atoms with Crippen LogP contribution in [0.3, 0.4) is 0 Å². The summed E-state index contributed by atoms with van der Waals surface area (Å²) in [7, 11) is 1.79. The third-order valence-electron chi connectivity index (χ3n) is 4.79. The van der Waals surface area contributed by atoms with Crippen LogP contribution in [0.1, 0.15) is 30.9 Å². The highest BCUT2D eigenvalue weighted by molar-refractivity contribution is 14.0. The summed E-state index contributed by atoms with van der Waals surface area (Å²) in [6.07, 6.45) is 2.21. The van der Waals surface area contributed by atoms with E-state index < -0.39 is 0 Å². The van der Waals surface area contributed by atoms with Crippen LogP contribution >= 0.6 is 24.0 Å². The van der Waals surface area contributed by atoms with E-state index in [4.69, 9.17) is 9.47 Å². The largest absolute Gasteiger partial charge is 0.489 e. The fourth-order valence-electron chi connectivity index (χ4n) is 3.10. The van der Waals surface area contributed by atoms with Crippen molar-refractivity contribution in [1.82, 2.24) is 10.6 Å². The minimum Gasteiger partial charge on any atom is -0.489 e. The maximum atomic E-state index is 5.83. The molecule has 0 aliphatic carbocycles. The highest BCUT2D eigenvalue weighted by Crippen LogP contribution is 2.23. The van der Waals surface area contributed by atoms with Gasteiger partial charge < -0.3 is 20.1 Å². The van der Waals surface area contributed by atoms with Crippen LogP contribution in [0, 0.1) is 0 Å². The lowest BCUT2D eigenvalue weighted by atomic mass is 10.0. The summed E-state index contributed by atoms with van der Waals surface area (Å²) in [5, 5.41) is 6.71. The lowest BCUT2D eigenvalue weighted by Gasteiger charge is -2.24. The van der Waals surface area contributed by atoms with Gasteiger partial charge in [-0.25, -0.2) is 0 Å². The summed E-state index contributed by atoms with van der Waals surface area (Å²) in [6, 6.07) is 18.3. The summed E-state index contributed by atoms with van der Waals surface area (Å²) < 4.78 is 11.6. The fraction of sp³-hybridized carbons (Fsp3) is 0.409. The van der Waals surface area contributed by atoms with E-state index >= 15 is 0 Å². The van der Waals surface area contributed by atoms with E-state index in [0.29, 0.717) is 13.2 Å². The van der Waals surface area contributed by atoms with Gasteiger partial charge in [-0.05, 0) is 43.0 Å². The molecule has 1 atom stereocenters. The number of nitrogens with one attached hydrogen (secondary N) is 2. The monoisotopic (exact) mass is 495 g/mol. The molecule has 3 rings (SSSR count). The third-order valence-corrected chi connectivity index (χ3v) is 4.79. The van der Waals surface area contributed by atoms with E-state index in [-0.39, 0.29) is 29.6 Å². The molecule has 28 heavy (non-hydrogen) atoms. The molecule has 0 saturated carbocycles. The Balaban J connectivity index is 0.00000280. The van der Waals surface area contributed by atoms with Gasteiger partial charge in [-0.3, -0.25) is 4.99 Å². The first-order valence-corrected chi connectivity index (χ1v) is 9.51. The Morgan fingerprint density at radius 1 is 1.07 bits per heavy atom. The smallest absolute Gasteiger partial charge is 0.191 e. The van der Waals surface area contributed by atoms with Crippen LogP contribution < -0.4 is 15.4 Å².